The summed E-state index contributed by atoms with van der Waals surface area (Å²) in [5.74, 6) is 1.22. The minimum absolute atomic E-state index is 0.196. The van der Waals surface area contributed by atoms with Crippen LogP contribution in [0.4, 0.5) is 17.6 Å². The third-order valence-electron chi connectivity index (χ3n) is 3.52. The molecule has 0 atom stereocenters. The van der Waals surface area contributed by atoms with E-state index >= 15 is 0 Å². The van der Waals surface area contributed by atoms with Crippen molar-refractivity contribution in [2.24, 2.45) is 0 Å². The van der Waals surface area contributed by atoms with Crippen LogP contribution in [0.25, 0.3) is 11.3 Å². The Morgan fingerprint density at radius 3 is 2.62 bits per heavy atom. The number of hydrogen-bond donors (Lipinski definition) is 4. The van der Waals surface area contributed by atoms with Gasteiger partial charge in [0, 0.05) is 35.4 Å². The summed E-state index contributed by atoms with van der Waals surface area (Å²) in [7, 11) is 0. The largest absolute Gasteiger partial charge is 0.381 e. The summed E-state index contributed by atoms with van der Waals surface area (Å²) in [6, 6.07) is 8.76. The molecule has 0 unspecified atom stereocenters. The second-order valence-corrected chi connectivity index (χ2v) is 6.02. The second kappa shape index (κ2) is 7.83. The molecule has 1 aromatic carbocycles. The summed E-state index contributed by atoms with van der Waals surface area (Å²) in [6.07, 6.45) is 1.61. The Morgan fingerprint density at radius 1 is 1.15 bits per heavy atom. The van der Waals surface area contributed by atoms with Gasteiger partial charge in [-0.15, -0.1) is 0 Å². The van der Waals surface area contributed by atoms with Crippen LogP contribution < -0.4 is 21.9 Å². The lowest BCUT2D eigenvalue weighted by Gasteiger charge is -2.10. The molecule has 0 saturated heterocycles. The van der Waals surface area contributed by atoms with Gasteiger partial charge in [0.1, 0.15) is 0 Å². The Bertz CT molecular complexity index is 956. The van der Waals surface area contributed by atoms with E-state index in [-0.39, 0.29) is 5.56 Å². The number of aryl methyl sites for hydroxylation is 1. The van der Waals surface area contributed by atoms with Gasteiger partial charge in [0.25, 0.3) is 5.56 Å². The first-order valence-corrected chi connectivity index (χ1v) is 8.33. The maximum Gasteiger partial charge on any atom is 0.252 e. The Balaban J connectivity index is 1.63. The first-order chi connectivity index (χ1) is 12.5. The zero-order chi connectivity index (χ0) is 18.5. The summed E-state index contributed by atoms with van der Waals surface area (Å²) in [5, 5.41) is 6.82. The fourth-order valence-electron chi connectivity index (χ4n) is 2.31. The highest BCUT2D eigenvalue weighted by atomic mass is 35.5. The highest BCUT2D eigenvalue weighted by Gasteiger charge is 2.06. The number of rotatable bonds is 6. The normalized spacial score (nSPS) is 10.5. The standard InChI is InChI=1S/C17H18ClN7O/c1-10-8-14(26)25-17(23-10)21-7-6-20-16-15(19)22-9-13(24-16)11-2-4-12(18)5-3-11/h2-5,8-9H,6-7H2,1H3,(H2,19,22)(H,20,24)(H2,21,23,25,26). The van der Waals surface area contributed by atoms with E-state index in [1.54, 1.807) is 25.3 Å². The molecule has 134 valence electrons. The molecule has 0 aliphatic rings. The molecule has 0 saturated carbocycles. The molecule has 2 aromatic heterocycles. The fraction of sp³-hybridized carbons (Fsp3) is 0.176. The van der Waals surface area contributed by atoms with Crippen molar-refractivity contribution in [3.63, 3.8) is 0 Å². The first-order valence-electron chi connectivity index (χ1n) is 7.95. The average molecular weight is 372 g/mol. The maximum absolute atomic E-state index is 11.4. The summed E-state index contributed by atoms with van der Waals surface area (Å²) in [4.78, 5) is 26.9. The fourth-order valence-corrected chi connectivity index (χ4v) is 2.44. The van der Waals surface area contributed by atoms with Gasteiger partial charge in [0.2, 0.25) is 5.95 Å². The molecule has 0 spiro atoms. The number of benzene rings is 1. The lowest BCUT2D eigenvalue weighted by molar-refractivity contribution is 0.988. The second-order valence-electron chi connectivity index (χ2n) is 5.58. The summed E-state index contributed by atoms with van der Waals surface area (Å²) >= 11 is 5.91. The van der Waals surface area contributed by atoms with Gasteiger partial charge in [-0.25, -0.2) is 15.0 Å². The van der Waals surface area contributed by atoms with Crippen molar-refractivity contribution in [3.8, 4) is 11.3 Å². The van der Waals surface area contributed by atoms with Crippen molar-refractivity contribution in [1.29, 1.82) is 0 Å². The van der Waals surface area contributed by atoms with Gasteiger partial charge in [-0.3, -0.25) is 9.78 Å². The number of aromatic nitrogens is 4. The minimum Gasteiger partial charge on any atom is -0.381 e. The van der Waals surface area contributed by atoms with Gasteiger partial charge in [0.15, 0.2) is 11.6 Å². The number of halogens is 1. The van der Waals surface area contributed by atoms with Crippen LogP contribution in [0.1, 0.15) is 5.69 Å². The van der Waals surface area contributed by atoms with Crippen LogP contribution in [0.5, 0.6) is 0 Å². The van der Waals surface area contributed by atoms with Crippen molar-refractivity contribution >= 4 is 29.2 Å². The molecule has 0 aliphatic carbocycles. The molecule has 0 amide bonds. The van der Waals surface area contributed by atoms with Crippen molar-refractivity contribution in [3.05, 3.63) is 57.6 Å². The van der Waals surface area contributed by atoms with E-state index in [1.807, 2.05) is 12.1 Å². The quantitative estimate of drug-likeness (QED) is 0.490. The summed E-state index contributed by atoms with van der Waals surface area (Å²) in [5.41, 5.74) is 7.92. The topological polar surface area (TPSA) is 122 Å². The third kappa shape index (κ3) is 4.48. The lowest BCUT2D eigenvalue weighted by atomic mass is 10.2. The summed E-state index contributed by atoms with van der Waals surface area (Å²) < 4.78 is 0. The smallest absolute Gasteiger partial charge is 0.252 e. The Morgan fingerprint density at radius 2 is 1.88 bits per heavy atom. The van der Waals surface area contributed by atoms with E-state index in [0.717, 1.165) is 5.56 Å². The van der Waals surface area contributed by atoms with Gasteiger partial charge in [-0.05, 0) is 19.1 Å². The number of aromatic amines is 1. The van der Waals surface area contributed by atoms with Crippen LogP contribution in [0.15, 0.2) is 41.3 Å². The molecule has 3 aromatic rings. The number of nitrogens with one attached hydrogen (secondary N) is 3. The van der Waals surface area contributed by atoms with Crippen LogP contribution in [0.3, 0.4) is 0 Å². The molecule has 26 heavy (non-hydrogen) atoms. The monoisotopic (exact) mass is 371 g/mol. The molecule has 9 heteroatoms. The predicted octanol–water partition coefficient (Wildman–Crippen LogP) is 2.29. The van der Waals surface area contributed by atoms with E-state index < -0.39 is 0 Å². The number of nitrogens with two attached hydrogens (primary N) is 1. The van der Waals surface area contributed by atoms with Crippen LogP contribution in [0.2, 0.25) is 5.02 Å². The first kappa shape index (κ1) is 17.7. The predicted molar refractivity (Wildman–Crippen MR) is 103 cm³/mol. The molecule has 0 fully saturated rings. The van der Waals surface area contributed by atoms with Gasteiger partial charge in [-0.2, -0.15) is 0 Å². The number of hydrogen-bond acceptors (Lipinski definition) is 7. The van der Waals surface area contributed by atoms with Gasteiger partial charge in [0.05, 0.1) is 11.9 Å². The third-order valence-corrected chi connectivity index (χ3v) is 3.77. The number of H-pyrrole nitrogens is 1. The zero-order valence-corrected chi connectivity index (χ0v) is 14.8. The van der Waals surface area contributed by atoms with Crippen LogP contribution in [0, 0.1) is 6.92 Å². The number of nitrogens with zero attached hydrogens (tertiary/aromatic N) is 3. The Labute approximate surface area is 154 Å². The molecule has 2 heterocycles. The van der Waals surface area contributed by atoms with Gasteiger partial charge >= 0.3 is 0 Å². The molecule has 0 radical (unpaired) electrons. The molecule has 8 nitrogen and oxygen atoms in total. The van der Waals surface area contributed by atoms with E-state index in [4.69, 9.17) is 17.3 Å². The molecule has 0 aliphatic heterocycles. The van der Waals surface area contributed by atoms with Crippen molar-refractivity contribution < 1.29 is 0 Å². The Hall–Kier alpha value is -3.13. The maximum atomic E-state index is 11.4. The van der Waals surface area contributed by atoms with Crippen molar-refractivity contribution in [1.82, 2.24) is 19.9 Å². The zero-order valence-electron chi connectivity index (χ0n) is 14.1. The van der Waals surface area contributed by atoms with Gasteiger partial charge in [-0.1, -0.05) is 23.7 Å². The highest BCUT2D eigenvalue weighted by molar-refractivity contribution is 6.30. The minimum atomic E-state index is -0.196. The molecule has 0 bridgehead atoms. The van der Waals surface area contributed by atoms with Crippen molar-refractivity contribution in [2.45, 2.75) is 6.92 Å². The van der Waals surface area contributed by atoms with Crippen molar-refractivity contribution in [2.75, 3.05) is 29.5 Å². The van der Waals surface area contributed by atoms with Crippen LogP contribution in [-0.4, -0.2) is 33.0 Å². The van der Waals surface area contributed by atoms with Gasteiger partial charge < -0.3 is 16.4 Å². The van der Waals surface area contributed by atoms with E-state index in [1.165, 1.54) is 6.07 Å². The van der Waals surface area contributed by atoms with E-state index in [2.05, 4.69) is 30.6 Å². The van der Waals surface area contributed by atoms with Crippen LogP contribution in [-0.2, 0) is 0 Å². The molecule has 5 N–H and O–H groups in total. The average Bonchev–Trinajstić information content (AvgIpc) is 2.60. The SMILES string of the molecule is Cc1cc(=O)[nH]c(NCCNc2nc(-c3ccc(Cl)cc3)cnc2N)n1. The van der Waals surface area contributed by atoms with E-state index in [0.29, 0.717) is 47.1 Å². The molecular formula is C17H18ClN7O. The van der Waals surface area contributed by atoms with Crippen LogP contribution >= 0.6 is 11.6 Å². The molecule has 3 rings (SSSR count). The highest BCUT2D eigenvalue weighted by Crippen LogP contribution is 2.22. The molecular weight excluding hydrogens is 354 g/mol. The number of anilines is 3. The number of nitrogen functional groups attached to an aromatic ring is 1. The van der Waals surface area contributed by atoms with E-state index in [9.17, 15) is 4.79 Å². The lowest BCUT2D eigenvalue weighted by Crippen LogP contribution is -2.19. The summed E-state index contributed by atoms with van der Waals surface area (Å²) in [6.45, 7) is 2.79. The Kier molecular flexibility index (Phi) is 5.33.